The molecule has 5 heteroatoms. The zero-order valence-electron chi connectivity index (χ0n) is 12.9. The van der Waals surface area contributed by atoms with Crippen LogP contribution in [0.3, 0.4) is 0 Å². The first-order valence-electron chi connectivity index (χ1n) is 7.20. The number of anilines is 1. The van der Waals surface area contributed by atoms with Gasteiger partial charge in [-0.3, -0.25) is 10.1 Å². The van der Waals surface area contributed by atoms with Crippen LogP contribution < -0.4 is 5.32 Å². The molecule has 20 heavy (non-hydrogen) atoms. The summed E-state index contributed by atoms with van der Waals surface area (Å²) in [6.07, 6.45) is 6.38. The second kappa shape index (κ2) is 7.22. The number of nitrogens with zero attached hydrogens (tertiary/aromatic N) is 2. The van der Waals surface area contributed by atoms with Crippen LogP contribution in [0.2, 0.25) is 0 Å². The molecule has 0 saturated carbocycles. The molecule has 0 saturated heterocycles. The van der Waals surface area contributed by atoms with E-state index < -0.39 is 0 Å². The van der Waals surface area contributed by atoms with Crippen molar-refractivity contribution < 1.29 is 4.92 Å². The molecule has 1 N–H and O–H groups in total. The minimum absolute atomic E-state index is 0.0503. The van der Waals surface area contributed by atoms with E-state index in [1.54, 1.807) is 19.2 Å². The molecule has 112 valence electrons. The Hall–Kier alpha value is -1.65. The van der Waals surface area contributed by atoms with Crippen molar-refractivity contribution in [2.75, 3.05) is 11.9 Å². The third-order valence-corrected chi connectivity index (χ3v) is 3.39. The number of aryl methyl sites for hydroxylation is 1. The SMILES string of the molecule is CCCCCC(C)(C)CNc1ncc(C)cc1[N+](=O)[O-]. The predicted octanol–water partition coefficient (Wildman–Crippen LogP) is 4.32. The number of aromatic nitrogens is 1. The van der Waals surface area contributed by atoms with Crippen LogP contribution in [-0.2, 0) is 0 Å². The first-order chi connectivity index (χ1) is 9.35. The molecule has 1 aromatic heterocycles. The minimum atomic E-state index is -0.383. The van der Waals surface area contributed by atoms with Crippen LogP contribution in [0.5, 0.6) is 0 Å². The van der Waals surface area contributed by atoms with Gasteiger partial charge < -0.3 is 5.32 Å². The summed E-state index contributed by atoms with van der Waals surface area (Å²) in [5.74, 6) is 0.365. The number of hydrogen-bond acceptors (Lipinski definition) is 4. The van der Waals surface area contributed by atoms with Crippen LogP contribution >= 0.6 is 0 Å². The summed E-state index contributed by atoms with van der Waals surface area (Å²) < 4.78 is 0. The monoisotopic (exact) mass is 279 g/mol. The molecule has 0 unspecified atom stereocenters. The third-order valence-electron chi connectivity index (χ3n) is 3.39. The van der Waals surface area contributed by atoms with E-state index in [1.165, 1.54) is 19.3 Å². The molecule has 5 nitrogen and oxygen atoms in total. The fraction of sp³-hybridized carbons (Fsp3) is 0.667. The summed E-state index contributed by atoms with van der Waals surface area (Å²) in [5, 5.41) is 14.2. The highest BCUT2D eigenvalue weighted by molar-refractivity contribution is 5.56. The van der Waals surface area contributed by atoms with Gasteiger partial charge in [0.15, 0.2) is 0 Å². The normalized spacial score (nSPS) is 11.4. The molecular formula is C15H25N3O2. The minimum Gasteiger partial charge on any atom is -0.364 e. The van der Waals surface area contributed by atoms with E-state index in [4.69, 9.17) is 0 Å². The van der Waals surface area contributed by atoms with E-state index in [9.17, 15) is 10.1 Å². The van der Waals surface area contributed by atoms with Crippen molar-refractivity contribution in [2.24, 2.45) is 5.41 Å². The molecule has 0 aliphatic heterocycles. The molecule has 1 aromatic rings. The van der Waals surface area contributed by atoms with E-state index in [1.807, 2.05) is 0 Å². The van der Waals surface area contributed by atoms with E-state index in [2.05, 4.69) is 31.1 Å². The van der Waals surface area contributed by atoms with Gasteiger partial charge in [0.05, 0.1) is 4.92 Å². The zero-order valence-corrected chi connectivity index (χ0v) is 12.9. The maximum Gasteiger partial charge on any atom is 0.311 e. The summed E-state index contributed by atoms with van der Waals surface area (Å²) in [5.41, 5.74) is 0.953. The van der Waals surface area contributed by atoms with Crippen LogP contribution in [0.4, 0.5) is 11.5 Å². The first kappa shape index (κ1) is 16.4. The molecule has 0 amide bonds. The Morgan fingerprint density at radius 3 is 2.70 bits per heavy atom. The lowest BCUT2D eigenvalue weighted by atomic mass is 9.87. The summed E-state index contributed by atoms with van der Waals surface area (Å²) in [4.78, 5) is 14.8. The fourth-order valence-electron chi connectivity index (χ4n) is 2.09. The van der Waals surface area contributed by atoms with Crippen molar-refractivity contribution in [2.45, 2.75) is 53.4 Å². The maximum atomic E-state index is 11.0. The van der Waals surface area contributed by atoms with Gasteiger partial charge in [0.2, 0.25) is 5.82 Å². The molecular weight excluding hydrogens is 254 g/mol. The van der Waals surface area contributed by atoms with Gasteiger partial charge in [-0.2, -0.15) is 0 Å². The standard InChI is InChI=1S/C15H25N3O2/c1-5-6-7-8-15(3,4)11-17-14-13(18(19)20)9-12(2)10-16-14/h9-10H,5-8,11H2,1-4H3,(H,16,17). The lowest BCUT2D eigenvalue weighted by Crippen LogP contribution is -2.23. The number of nitrogens with one attached hydrogen (secondary N) is 1. The molecule has 0 aliphatic rings. The van der Waals surface area contributed by atoms with Gasteiger partial charge in [0.25, 0.3) is 0 Å². The molecule has 0 atom stereocenters. The highest BCUT2D eigenvalue weighted by Gasteiger charge is 2.21. The van der Waals surface area contributed by atoms with Crippen molar-refractivity contribution in [3.8, 4) is 0 Å². The molecule has 1 heterocycles. The molecule has 0 fully saturated rings. The largest absolute Gasteiger partial charge is 0.364 e. The molecule has 0 radical (unpaired) electrons. The number of pyridine rings is 1. The quantitative estimate of drug-likeness (QED) is 0.437. The summed E-state index contributed by atoms with van der Waals surface area (Å²) >= 11 is 0. The summed E-state index contributed by atoms with van der Waals surface area (Å²) in [7, 11) is 0. The van der Waals surface area contributed by atoms with Crippen molar-refractivity contribution in [1.29, 1.82) is 0 Å². The lowest BCUT2D eigenvalue weighted by Gasteiger charge is -2.25. The Kier molecular flexibility index (Phi) is 5.92. The highest BCUT2D eigenvalue weighted by Crippen LogP contribution is 2.27. The van der Waals surface area contributed by atoms with Crippen LogP contribution in [0, 0.1) is 22.5 Å². The van der Waals surface area contributed by atoms with Crippen molar-refractivity contribution in [1.82, 2.24) is 4.98 Å². The van der Waals surface area contributed by atoms with Crippen LogP contribution in [0.1, 0.15) is 52.0 Å². The van der Waals surface area contributed by atoms with Crippen LogP contribution in [-0.4, -0.2) is 16.5 Å². The Labute approximate surface area is 121 Å². The topological polar surface area (TPSA) is 68.1 Å². The van der Waals surface area contributed by atoms with E-state index in [0.29, 0.717) is 12.4 Å². The maximum absolute atomic E-state index is 11.0. The number of hydrogen-bond donors (Lipinski definition) is 1. The van der Waals surface area contributed by atoms with Gasteiger partial charge in [-0.15, -0.1) is 0 Å². The average molecular weight is 279 g/mol. The van der Waals surface area contributed by atoms with Crippen molar-refractivity contribution in [3.63, 3.8) is 0 Å². The molecule has 0 bridgehead atoms. The van der Waals surface area contributed by atoms with Crippen molar-refractivity contribution in [3.05, 3.63) is 27.9 Å². The Morgan fingerprint density at radius 2 is 2.10 bits per heavy atom. The van der Waals surface area contributed by atoms with Gasteiger partial charge in [0.1, 0.15) is 0 Å². The summed E-state index contributed by atoms with van der Waals surface area (Å²) in [6.45, 7) is 9.03. The number of unbranched alkanes of at least 4 members (excludes halogenated alkanes) is 2. The van der Waals surface area contributed by atoms with Crippen LogP contribution in [0.25, 0.3) is 0 Å². The fourth-order valence-corrected chi connectivity index (χ4v) is 2.09. The van der Waals surface area contributed by atoms with Gasteiger partial charge in [-0.25, -0.2) is 4.98 Å². The van der Waals surface area contributed by atoms with Gasteiger partial charge in [-0.05, 0) is 24.3 Å². The van der Waals surface area contributed by atoms with E-state index in [0.717, 1.165) is 12.0 Å². The predicted molar refractivity (Wildman–Crippen MR) is 82.0 cm³/mol. The summed E-state index contributed by atoms with van der Waals surface area (Å²) in [6, 6.07) is 1.55. The van der Waals surface area contributed by atoms with Crippen LogP contribution in [0.15, 0.2) is 12.3 Å². The third kappa shape index (κ3) is 5.15. The van der Waals surface area contributed by atoms with Gasteiger partial charge in [0, 0.05) is 18.8 Å². The smallest absolute Gasteiger partial charge is 0.311 e. The van der Waals surface area contributed by atoms with Crippen molar-refractivity contribution >= 4 is 11.5 Å². The molecule has 0 aliphatic carbocycles. The second-order valence-corrected chi connectivity index (χ2v) is 6.11. The molecule has 1 rings (SSSR count). The van der Waals surface area contributed by atoms with E-state index in [-0.39, 0.29) is 16.0 Å². The first-order valence-corrected chi connectivity index (χ1v) is 7.20. The number of nitro groups is 1. The Balaban J connectivity index is 2.67. The Bertz CT molecular complexity index is 458. The second-order valence-electron chi connectivity index (χ2n) is 6.11. The van der Waals surface area contributed by atoms with E-state index >= 15 is 0 Å². The highest BCUT2D eigenvalue weighted by atomic mass is 16.6. The number of rotatable bonds is 8. The van der Waals surface area contributed by atoms with Gasteiger partial charge in [-0.1, -0.05) is 40.0 Å². The zero-order chi connectivity index (χ0) is 15.2. The lowest BCUT2D eigenvalue weighted by molar-refractivity contribution is -0.384. The Morgan fingerprint density at radius 1 is 1.40 bits per heavy atom. The average Bonchev–Trinajstić information content (AvgIpc) is 2.37. The molecule has 0 spiro atoms. The molecule has 0 aromatic carbocycles. The van der Waals surface area contributed by atoms with Gasteiger partial charge >= 0.3 is 5.69 Å².